The third-order valence-corrected chi connectivity index (χ3v) is 3.29. The van der Waals surface area contributed by atoms with Crippen LogP contribution in [-0.2, 0) is 17.5 Å². The summed E-state index contributed by atoms with van der Waals surface area (Å²) in [6, 6.07) is 11.1. The smallest absolute Gasteiger partial charge is 0.380 e. The number of hydrogen-bond donors (Lipinski definition) is 2. The van der Waals surface area contributed by atoms with Crippen LogP contribution in [0, 0.1) is 11.3 Å². The molecule has 0 aliphatic carbocycles. The molecule has 8 heteroatoms. The molecule has 2 rings (SSSR count). The number of amides is 1. The number of nitrogens with zero attached hydrogens (tertiary/aromatic N) is 1. The number of methoxy groups -OCH3 is 1. The molecule has 0 heterocycles. The topological polar surface area (TPSA) is 74.2 Å². The molecule has 0 aliphatic rings. The Kier molecular flexibility index (Phi) is 5.62. The summed E-state index contributed by atoms with van der Waals surface area (Å²) in [4.78, 5) is 12.0. The van der Waals surface area contributed by atoms with Gasteiger partial charge in [0.1, 0.15) is 0 Å². The van der Waals surface area contributed by atoms with Gasteiger partial charge in [-0.05, 0) is 35.9 Å². The fourth-order valence-electron chi connectivity index (χ4n) is 2.07. The lowest BCUT2D eigenvalue weighted by molar-refractivity contribution is -0.137. The fraction of sp³-hybridized carbons (Fsp3) is 0.176. The van der Waals surface area contributed by atoms with E-state index in [2.05, 4.69) is 10.9 Å². The number of ether oxygens (including phenoxy) is 1. The SMILES string of the molecule is COCc1ccc(C(=O)NNc2ccc(C#N)cc2C(F)(F)F)cc1. The number of rotatable bonds is 5. The number of carbonyl (C=O) groups excluding carboxylic acids is 1. The lowest BCUT2D eigenvalue weighted by atomic mass is 10.1. The molecule has 2 N–H and O–H groups in total. The van der Waals surface area contributed by atoms with E-state index in [9.17, 15) is 18.0 Å². The molecule has 5 nitrogen and oxygen atoms in total. The number of benzene rings is 2. The Morgan fingerprint density at radius 3 is 2.44 bits per heavy atom. The normalized spacial score (nSPS) is 10.8. The zero-order valence-corrected chi connectivity index (χ0v) is 13.1. The molecule has 1 amide bonds. The van der Waals surface area contributed by atoms with Crippen LogP contribution in [0.2, 0.25) is 0 Å². The minimum Gasteiger partial charge on any atom is -0.380 e. The lowest BCUT2D eigenvalue weighted by Crippen LogP contribution is -2.30. The van der Waals surface area contributed by atoms with Gasteiger partial charge in [0.15, 0.2) is 0 Å². The minimum absolute atomic E-state index is 0.127. The molecule has 0 spiro atoms. The number of hydrazine groups is 1. The van der Waals surface area contributed by atoms with Gasteiger partial charge in [0.2, 0.25) is 0 Å². The average Bonchev–Trinajstić information content (AvgIpc) is 2.59. The largest absolute Gasteiger partial charge is 0.418 e. The van der Waals surface area contributed by atoms with Crippen molar-refractivity contribution in [1.29, 1.82) is 5.26 Å². The third kappa shape index (κ3) is 4.71. The second-order valence-corrected chi connectivity index (χ2v) is 5.08. The molecule has 0 atom stereocenters. The number of alkyl halides is 3. The Balaban J connectivity index is 2.13. The van der Waals surface area contributed by atoms with Gasteiger partial charge in [-0.15, -0.1) is 0 Å². The van der Waals surface area contributed by atoms with Crippen molar-refractivity contribution in [2.45, 2.75) is 12.8 Å². The van der Waals surface area contributed by atoms with Gasteiger partial charge in [0.25, 0.3) is 5.91 Å². The molecule has 0 fully saturated rings. The summed E-state index contributed by atoms with van der Waals surface area (Å²) in [5.74, 6) is -0.596. The molecule has 25 heavy (non-hydrogen) atoms. The molecule has 0 unspecified atom stereocenters. The summed E-state index contributed by atoms with van der Waals surface area (Å²) in [5.41, 5.74) is 4.08. The number of anilines is 1. The summed E-state index contributed by atoms with van der Waals surface area (Å²) in [5, 5.41) is 8.73. The zero-order valence-electron chi connectivity index (χ0n) is 13.1. The highest BCUT2D eigenvalue weighted by Crippen LogP contribution is 2.35. The summed E-state index contributed by atoms with van der Waals surface area (Å²) < 4.78 is 44.1. The standard InChI is InChI=1S/C17H14F3N3O2/c1-25-10-11-2-5-13(6-3-11)16(24)23-22-15-7-4-12(9-21)8-14(15)17(18,19)20/h2-8,22H,10H2,1H3,(H,23,24). The van der Waals surface area contributed by atoms with Crippen LogP contribution in [0.5, 0.6) is 0 Å². The van der Waals surface area contributed by atoms with E-state index in [-0.39, 0.29) is 16.8 Å². The maximum atomic E-state index is 13.1. The summed E-state index contributed by atoms with van der Waals surface area (Å²) in [7, 11) is 1.54. The van der Waals surface area contributed by atoms with Crippen LogP contribution < -0.4 is 10.9 Å². The molecule has 0 saturated carbocycles. The van der Waals surface area contributed by atoms with E-state index in [0.29, 0.717) is 12.7 Å². The molecule has 0 bridgehead atoms. The van der Waals surface area contributed by atoms with Crippen molar-refractivity contribution in [3.05, 3.63) is 64.7 Å². The summed E-state index contributed by atoms with van der Waals surface area (Å²) >= 11 is 0. The predicted octanol–water partition coefficient (Wildman–Crippen LogP) is 3.48. The molecule has 130 valence electrons. The van der Waals surface area contributed by atoms with E-state index in [1.165, 1.54) is 18.2 Å². The summed E-state index contributed by atoms with van der Waals surface area (Å²) in [6.45, 7) is 0.389. The molecular weight excluding hydrogens is 335 g/mol. The number of nitriles is 1. The molecule has 2 aromatic rings. The van der Waals surface area contributed by atoms with Crippen molar-refractivity contribution < 1.29 is 22.7 Å². The Hall–Kier alpha value is -3.05. The Morgan fingerprint density at radius 2 is 1.88 bits per heavy atom. The van der Waals surface area contributed by atoms with Gasteiger partial charge in [-0.25, -0.2) is 0 Å². The van der Waals surface area contributed by atoms with Crippen LogP contribution in [0.1, 0.15) is 27.0 Å². The maximum absolute atomic E-state index is 13.1. The molecule has 0 radical (unpaired) electrons. The first-order chi connectivity index (χ1) is 11.8. The van der Waals surface area contributed by atoms with Crippen LogP contribution in [0.15, 0.2) is 42.5 Å². The first-order valence-electron chi connectivity index (χ1n) is 7.10. The highest BCUT2D eigenvalue weighted by molar-refractivity contribution is 5.95. The van der Waals surface area contributed by atoms with E-state index in [1.807, 2.05) is 0 Å². The van der Waals surface area contributed by atoms with Gasteiger partial charge in [0, 0.05) is 12.7 Å². The maximum Gasteiger partial charge on any atom is 0.418 e. The van der Waals surface area contributed by atoms with Crippen molar-refractivity contribution in [2.24, 2.45) is 0 Å². The molecule has 0 saturated heterocycles. The average molecular weight is 349 g/mol. The number of carbonyl (C=O) groups is 1. The van der Waals surface area contributed by atoms with Gasteiger partial charge in [0.05, 0.1) is 29.5 Å². The molecule has 0 aliphatic heterocycles. The molecule has 2 aromatic carbocycles. The van der Waals surface area contributed by atoms with Crippen LogP contribution >= 0.6 is 0 Å². The van der Waals surface area contributed by atoms with Crippen molar-refractivity contribution in [1.82, 2.24) is 5.43 Å². The zero-order chi connectivity index (χ0) is 18.4. The van der Waals surface area contributed by atoms with Crippen LogP contribution in [0.25, 0.3) is 0 Å². The Labute approximate surface area is 142 Å². The van der Waals surface area contributed by atoms with Gasteiger partial charge >= 0.3 is 6.18 Å². The van der Waals surface area contributed by atoms with Crippen LogP contribution in [0.4, 0.5) is 18.9 Å². The number of halogens is 3. The van der Waals surface area contributed by atoms with E-state index >= 15 is 0 Å². The summed E-state index contributed by atoms with van der Waals surface area (Å²) in [6.07, 6.45) is -4.66. The predicted molar refractivity (Wildman–Crippen MR) is 84.4 cm³/mol. The van der Waals surface area contributed by atoms with Gasteiger partial charge in [-0.3, -0.25) is 15.6 Å². The Morgan fingerprint density at radius 1 is 1.20 bits per heavy atom. The quantitative estimate of drug-likeness (QED) is 0.811. The second kappa shape index (κ2) is 7.68. The third-order valence-electron chi connectivity index (χ3n) is 3.29. The minimum atomic E-state index is -4.66. The van der Waals surface area contributed by atoms with E-state index in [0.717, 1.165) is 11.6 Å². The number of hydrogen-bond acceptors (Lipinski definition) is 4. The first kappa shape index (κ1) is 18.3. The lowest BCUT2D eigenvalue weighted by Gasteiger charge is -2.15. The van der Waals surface area contributed by atoms with Crippen molar-refractivity contribution in [2.75, 3.05) is 12.5 Å². The van der Waals surface area contributed by atoms with Crippen molar-refractivity contribution in [3.63, 3.8) is 0 Å². The van der Waals surface area contributed by atoms with Crippen molar-refractivity contribution in [3.8, 4) is 6.07 Å². The van der Waals surface area contributed by atoms with Crippen LogP contribution in [0.3, 0.4) is 0 Å². The monoisotopic (exact) mass is 349 g/mol. The Bertz CT molecular complexity index is 796. The second-order valence-electron chi connectivity index (χ2n) is 5.08. The van der Waals surface area contributed by atoms with E-state index < -0.39 is 17.6 Å². The van der Waals surface area contributed by atoms with Gasteiger partial charge < -0.3 is 4.74 Å². The fourth-order valence-corrected chi connectivity index (χ4v) is 2.07. The highest BCUT2D eigenvalue weighted by Gasteiger charge is 2.34. The molecular formula is C17H14F3N3O2. The number of nitrogens with one attached hydrogen (secondary N) is 2. The van der Waals surface area contributed by atoms with Crippen LogP contribution in [-0.4, -0.2) is 13.0 Å². The highest BCUT2D eigenvalue weighted by atomic mass is 19.4. The molecule has 0 aromatic heterocycles. The first-order valence-corrected chi connectivity index (χ1v) is 7.10. The van der Waals surface area contributed by atoms with E-state index in [4.69, 9.17) is 10.00 Å². The van der Waals surface area contributed by atoms with Gasteiger partial charge in [-0.1, -0.05) is 12.1 Å². The van der Waals surface area contributed by atoms with Gasteiger partial charge in [-0.2, -0.15) is 18.4 Å². The van der Waals surface area contributed by atoms with E-state index in [1.54, 1.807) is 25.3 Å². The van der Waals surface area contributed by atoms with Crippen molar-refractivity contribution >= 4 is 11.6 Å².